The molecule has 1 aliphatic carbocycles. The average molecular weight is 364 g/mol. The third kappa shape index (κ3) is 4.91. The summed E-state index contributed by atoms with van der Waals surface area (Å²) < 4.78 is 5.24. The second-order valence-electron chi connectivity index (χ2n) is 9.65. The maximum absolute atomic E-state index is 12.1. The molecule has 1 aliphatic heterocycles. The molecule has 0 aromatic rings. The Bertz CT molecular complexity index is 477. The second kappa shape index (κ2) is 8.91. The average Bonchev–Trinajstić information content (AvgIpc) is 2.61. The molecular formula is C23H41NO2. The molecule has 0 aromatic heterocycles. The minimum atomic E-state index is 0.00516. The summed E-state index contributed by atoms with van der Waals surface area (Å²) in [6, 6.07) is 0. The largest absolute Gasteiger partial charge is 0.466 e. The summed E-state index contributed by atoms with van der Waals surface area (Å²) in [5.41, 5.74) is 0.553. The van der Waals surface area contributed by atoms with Crippen molar-refractivity contribution in [3.8, 4) is 0 Å². The lowest BCUT2D eigenvalue weighted by molar-refractivity contribution is -0.150. The molecule has 3 heteroatoms. The van der Waals surface area contributed by atoms with Crippen LogP contribution in [0, 0.1) is 23.2 Å². The smallest absolute Gasteiger partial charge is 0.309 e. The van der Waals surface area contributed by atoms with Gasteiger partial charge in [-0.2, -0.15) is 0 Å². The van der Waals surface area contributed by atoms with E-state index in [0.717, 1.165) is 37.8 Å². The summed E-state index contributed by atoms with van der Waals surface area (Å²) in [6.45, 7) is 16.1. The summed E-state index contributed by atoms with van der Waals surface area (Å²) in [6.07, 6.45) is 11.9. The first-order valence-electron chi connectivity index (χ1n) is 10.8. The van der Waals surface area contributed by atoms with Crippen molar-refractivity contribution in [2.24, 2.45) is 23.2 Å². The number of piperidine rings is 1. The van der Waals surface area contributed by atoms with E-state index in [1.807, 2.05) is 6.92 Å². The van der Waals surface area contributed by atoms with Gasteiger partial charge in [0, 0.05) is 5.54 Å². The first-order valence-corrected chi connectivity index (χ1v) is 10.8. The number of esters is 1. The van der Waals surface area contributed by atoms with Crippen LogP contribution in [0.1, 0.15) is 80.1 Å². The third-order valence-corrected chi connectivity index (χ3v) is 7.08. The van der Waals surface area contributed by atoms with E-state index in [-0.39, 0.29) is 17.4 Å². The van der Waals surface area contributed by atoms with Crippen LogP contribution in [0.4, 0.5) is 0 Å². The Balaban J connectivity index is 2.01. The van der Waals surface area contributed by atoms with E-state index in [4.69, 9.17) is 4.74 Å². The Kier molecular flexibility index (Phi) is 7.35. The van der Waals surface area contributed by atoms with Gasteiger partial charge in [0.25, 0.3) is 0 Å². The second-order valence-corrected chi connectivity index (χ2v) is 9.65. The molecule has 0 spiro atoms. The van der Waals surface area contributed by atoms with Gasteiger partial charge in [-0.3, -0.25) is 9.69 Å². The normalized spacial score (nSPS) is 28.8. The monoisotopic (exact) mass is 363 g/mol. The molecular weight excluding hydrogens is 322 g/mol. The van der Waals surface area contributed by atoms with E-state index in [0.29, 0.717) is 12.0 Å². The molecule has 1 saturated heterocycles. The Morgan fingerprint density at radius 2 is 1.54 bits per heavy atom. The summed E-state index contributed by atoms with van der Waals surface area (Å²) >= 11 is 0. The van der Waals surface area contributed by atoms with Crippen LogP contribution in [0.25, 0.3) is 0 Å². The van der Waals surface area contributed by atoms with Gasteiger partial charge in [0.2, 0.25) is 0 Å². The topological polar surface area (TPSA) is 29.5 Å². The van der Waals surface area contributed by atoms with Gasteiger partial charge in [0.1, 0.15) is 0 Å². The maximum atomic E-state index is 12.1. The van der Waals surface area contributed by atoms with E-state index in [9.17, 15) is 4.79 Å². The fourth-order valence-electron chi connectivity index (χ4n) is 5.24. The lowest BCUT2D eigenvalue weighted by atomic mass is 9.65. The van der Waals surface area contributed by atoms with E-state index >= 15 is 0 Å². The number of ether oxygens (including phenoxy) is 1. The van der Waals surface area contributed by atoms with Gasteiger partial charge in [0.15, 0.2) is 0 Å². The Hall–Kier alpha value is -0.830. The van der Waals surface area contributed by atoms with E-state index in [1.165, 1.54) is 25.7 Å². The highest BCUT2D eigenvalue weighted by Gasteiger charge is 2.42. The zero-order valence-corrected chi connectivity index (χ0v) is 18.0. The fourth-order valence-corrected chi connectivity index (χ4v) is 5.24. The molecule has 1 atom stereocenters. The van der Waals surface area contributed by atoms with Crippen LogP contribution in [0.2, 0.25) is 0 Å². The van der Waals surface area contributed by atoms with Crippen LogP contribution in [-0.4, -0.2) is 36.1 Å². The highest BCUT2D eigenvalue weighted by atomic mass is 16.5. The molecule has 0 radical (unpaired) electrons. The quantitative estimate of drug-likeness (QED) is 0.480. The molecule has 26 heavy (non-hydrogen) atoms. The van der Waals surface area contributed by atoms with E-state index < -0.39 is 0 Å². The minimum absolute atomic E-state index is 0.00516. The number of hydrogen-bond acceptors (Lipinski definition) is 3. The van der Waals surface area contributed by atoms with Gasteiger partial charge in [0.05, 0.1) is 12.5 Å². The molecule has 2 fully saturated rings. The number of allylic oxidation sites excluding steroid dienone is 1. The highest BCUT2D eigenvalue weighted by molar-refractivity contribution is 5.72. The third-order valence-electron chi connectivity index (χ3n) is 7.08. The van der Waals surface area contributed by atoms with Crippen molar-refractivity contribution in [3.05, 3.63) is 12.2 Å². The van der Waals surface area contributed by atoms with E-state index in [2.05, 4.69) is 51.7 Å². The van der Waals surface area contributed by atoms with Crippen molar-refractivity contribution >= 4 is 5.97 Å². The summed E-state index contributed by atoms with van der Waals surface area (Å²) in [7, 11) is 0. The first kappa shape index (κ1) is 21.5. The standard InChI is InChI=1S/C23H41NO2/c1-7-15-23(6,20-11-9-19(10-12-20)22(3,4)5)24-16-13-18(14-17-24)21(25)26-8-2/h7,15,18-20H,8-14,16-17H2,1-6H3/b15-7-. The zero-order chi connectivity index (χ0) is 19.4. The molecule has 0 amide bonds. The van der Waals surface area contributed by atoms with Crippen molar-refractivity contribution in [1.29, 1.82) is 0 Å². The molecule has 0 N–H and O–H groups in total. The molecule has 0 bridgehead atoms. The first-order chi connectivity index (χ1) is 12.2. The number of likely N-dealkylation sites (tertiary alicyclic amines) is 1. The predicted molar refractivity (Wildman–Crippen MR) is 109 cm³/mol. The Morgan fingerprint density at radius 1 is 1.00 bits per heavy atom. The number of carbonyl (C=O) groups is 1. The Labute approximate surface area is 161 Å². The van der Waals surface area contributed by atoms with Gasteiger partial charge < -0.3 is 4.74 Å². The SMILES string of the molecule is C/C=C\C(C)(C1CCC(C(C)(C)C)CC1)N1CCC(C(=O)OCC)CC1. The van der Waals surface area contributed by atoms with Crippen LogP contribution in [0.15, 0.2) is 12.2 Å². The van der Waals surface area contributed by atoms with Crippen molar-refractivity contribution in [3.63, 3.8) is 0 Å². The zero-order valence-electron chi connectivity index (χ0n) is 18.0. The fraction of sp³-hybridized carbons (Fsp3) is 0.870. The number of rotatable bonds is 5. The maximum Gasteiger partial charge on any atom is 0.309 e. The number of nitrogens with zero attached hydrogens (tertiary/aromatic N) is 1. The van der Waals surface area contributed by atoms with Crippen molar-refractivity contribution in [2.45, 2.75) is 85.6 Å². The molecule has 1 heterocycles. The molecule has 1 unspecified atom stereocenters. The van der Waals surface area contributed by atoms with Gasteiger partial charge >= 0.3 is 5.97 Å². The molecule has 2 aliphatic rings. The summed E-state index contributed by atoms with van der Waals surface area (Å²) in [5.74, 6) is 1.67. The van der Waals surface area contributed by atoms with Gasteiger partial charge in [-0.1, -0.05) is 32.9 Å². The van der Waals surface area contributed by atoms with Gasteiger partial charge in [-0.05, 0) is 89.6 Å². The predicted octanol–water partition coefficient (Wildman–Crippen LogP) is 5.45. The van der Waals surface area contributed by atoms with Crippen molar-refractivity contribution < 1.29 is 9.53 Å². The number of carbonyl (C=O) groups excluding carboxylic acids is 1. The van der Waals surface area contributed by atoms with Crippen LogP contribution in [0.5, 0.6) is 0 Å². The minimum Gasteiger partial charge on any atom is -0.466 e. The van der Waals surface area contributed by atoms with Crippen LogP contribution in [0.3, 0.4) is 0 Å². The lowest BCUT2D eigenvalue weighted by Crippen LogP contribution is -2.54. The summed E-state index contributed by atoms with van der Waals surface area (Å²) in [4.78, 5) is 14.7. The van der Waals surface area contributed by atoms with Crippen LogP contribution >= 0.6 is 0 Å². The number of hydrogen-bond donors (Lipinski definition) is 0. The van der Waals surface area contributed by atoms with Crippen molar-refractivity contribution in [1.82, 2.24) is 4.90 Å². The molecule has 0 aromatic carbocycles. The molecule has 1 saturated carbocycles. The highest BCUT2D eigenvalue weighted by Crippen LogP contribution is 2.45. The van der Waals surface area contributed by atoms with Gasteiger partial charge in [-0.25, -0.2) is 0 Å². The summed E-state index contributed by atoms with van der Waals surface area (Å²) in [5, 5.41) is 0. The molecule has 150 valence electrons. The lowest BCUT2D eigenvalue weighted by Gasteiger charge is -2.50. The van der Waals surface area contributed by atoms with E-state index in [1.54, 1.807) is 0 Å². The molecule has 2 rings (SSSR count). The van der Waals surface area contributed by atoms with Gasteiger partial charge in [-0.15, -0.1) is 0 Å². The van der Waals surface area contributed by atoms with Crippen molar-refractivity contribution in [2.75, 3.05) is 19.7 Å². The van der Waals surface area contributed by atoms with Crippen LogP contribution in [-0.2, 0) is 9.53 Å². The Morgan fingerprint density at radius 3 is 2.00 bits per heavy atom. The van der Waals surface area contributed by atoms with Crippen LogP contribution < -0.4 is 0 Å². The molecule has 3 nitrogen and oxygen atoms in total.